The van der Waals surface area contributed by atoms with E-state index in [2.05, 4.69) is 10.6 Å². The first-order valence-electron chi connectivity index (χ1n) is 5.40. The first-order chi connectivity index (χ1) is 7.08. The van der Waals surface area contributed by atoms with E-state index >= 15 is 0 Å². The maximum atomic E-state index is 11.3. The number of rotatable bonds is 4. The van der Waals surface area contributed by atoms with E-state index in [1.54, 1.807) is 6.26 Å². The molecular weight excluding hydrogens is 212 g/mol. The van der Waals surface area contributed by atoms with Crippen molar-refractivity contribution in [1.82, 2.24) is 10.6 Å². The van der Waals surface area contributed by atoms with Crippen LogP contribution in [0.2, 0.25) is 0 Å². The normalized spacial score (nSPS) is 26.5. The van der Waals surface area contributed by atoms with Crippen LogP contribution < -0.4 is 10.6 Å². The van der Waals surface area contributed by atoms with Gasteiger partial charge in [-0.05, 0) is 19.8 Å². The lowest BCUT2D eigenvalue weighted by Gasteiger charge is -2.20. The summed E-state index contributed by atoms with van der Waals surface area (Å²) < 4.78 is 11.0. The lowest BCUT2D eigenvalue weighted by Crippen LogP contribution is -2.40. The van der Waals surface area contributed by atoms with Crippen LogP contribution in [0.3, 0.4) is 0 Å². The van der Waals surface area contributed by atoms with E-state index in [1.807, 2.05) is 6.92 Å². The maximum absolute atomic E-state index is 11.3. The van der Waals surface area contributed by atoms with Gasteiger partial charge in [0.1, 0.15) is 0 Å². The third-order valence-electron chi connectivity index (χ3n) is 2.49. The van der Waals surface area contributed by atoms with Gasteiger partial charge in [-0.3, -0.25) is 9.00 Å². The summed E-state index contributed by atoms with van der Waals surface area (Å²) in [4.78, 5) is 11.3. The lowest BCUT2D eigenvalue weighted by molar-refractivity contribution is -0.121. The van der Waals surface area contributed by atoms with Crippen LogP contribution in [-0.2, 0) is 15.6 Å². The molecule has 4 nitrogen and oxygen atoms in total. The molecule has 0 aliphatic carbocycles. The quantitative estimate of drug-likeness (QED) is 0.718. The fraction of sp³-hybridized carbons (Fsp3) is 0.900. The number of hydrogen-bond acceptors (Lipinski definition) is 3. The third kappa shape index (κ3) is 5.28. The number of hydrogen-bond donors (Lipinski definition) is 2. The largest absolute Gasteiger partial charge is 0.356 e. The van der Waals surface area contributed by atoms with Crippen LogP contribution in [-0.4, -0.2) is 40.8 Å². The van der Waals surface area contributed by atoms with Crippen LogP contribution in [0.1, 0.15) is 26.2 Å². The van der Waals surface area contributed by atoms with Crippen molar-refractivity contribution in [3.63, 3.8) is 0 Å². The van der Waals surface area contributed by atoms with Crippen molar-refractivity contribution in [3.05, 3.63) is 0 Å². The van der Waals surface area contributed by atoms with E-state index in [0.717, 1.165) is 19.4 Å². The number of nitrogens with one attached hydrogen (secondary N) is 2. The van der Waals surface area contributed by atoms with E-state index in [9.17, 15) is 9.00 Å². The molecule has 3 unspecified atom stereocenters. The SMILES string of the molecule is CC(CS(C)=O)NC1CCCNC(=O)C1. The molecule has 88 valence electrons. The molecule has 0 saturated carbocycles. The summed E-state index contributed by atoms with van der Waals surface area (Å²) in [5.74, 6) is 0.771. The van der Waals surface area contributed by atoms with Gasteiger partial charge in [-0.1, -0.05) is 0 Å². The molecule has 1 aliphatic rings. The third-order valence-corrected chi connectivity index (χ3v) is 3.46. The highest BCUT2D eigenvalue weighted by atomic mass is 32.2. The number of amides is 1. The molecule has 2 N–H and O–H groups in total. The predicted octanol–water partition coefficient (Wildman–Crippen LogP) is 0.0117. The van der Waals surface area contributed by atoms with Crippen molar-refractivity contribution in [3.8, 4) is 0 Å². The van der Waals surface area contributed by atoms with Gasteiger partial charge in [0.05, 0.1) is 0 Å². The molecule has 1 fully saturated rings. The number of carbonyl (C=O) groups is 1. The fourth-order valence-electron chi connectivity index (χ4n) is 1.92. The summed E-state index contributed by atoms with van der Waals surface area (Å²) in [5, 5.41) is 6.22. The highest BCUT2D eigenvalue weighted by Gasteiger charge is 2.18. The minimum absolute atomic E-state index is 0.120. The lowest BCUT2D eigenvalue weighted by atomic mass is 10.1. The Morgan fingerprint density at radius 3 is 3.07 bits per heavy atom. The topological polar surface area (TPSA) is 58.2 Å². The van der Waals surface area contributed by atoms with Gasteiger partial charge in [-0.15, -0.1) is 0 Å². The maximum Gasteiger partial charge on any atom is 0.221 e. The molecule has 1 rings (SSSR count). The Morgan fingerprint density at radius 1 is 1.67 bits per heavy atom. The second kappa shape index (κ2) is 6.23. The van der Waals surface area contributed by atoms with E-state index in [-0.39, 0.29) is 18.0 Å². The zero-order chi connectivity index (χ0) is 11.3. The molecule has 0 aromatic rings. The molecule has 0 radical (unpaired) electrons. The molecule has 3 atom stereocenters. The van der Waals surface area contributed by atoms with Gasteiger partial charge in [-0.2, -0.15) is 0 Å². The van der Waals surface area contributed by atoms with E-state index < -0.39 is 10.8 Å². The molecule has 1 heterocycles. The minimum Gasteiger partial charge on any atom is -0.356 e. The van der Waals surface area contributed by atoms with E-state index in [0.29, 0.717) is 12.2 Å². The zero-order valence-corrected chi connectivity index (χ0v) is 10.2. The van der Waals surface area contributed by atoms with Crippen LogP contribution in [0.4, 0.5) is 0 Å². The van der Waals surface area contributed by atoms with Crippen LogP contribution in [0.15, 0.2) is 0 Å². The summed E-state index contributed by atoms with van der Waals surface area (Å²) in [5.41, 5.74) is 0. The first kappa shape index (κ1) is 12.6. The molecule has 1 amide bonds. The smallest absolute Gasteiger partial charge is 0.221 e. The Bertz CT molecular complexity index is 246. The predicted molar refractivity (Wildman–Crippen MR) is 62.2 cm³/mol. The van der Waals surface area contributed by atoms with Crippen LogP contribution >= 0.6 is 0 Å². The monoisotopic (exact) mass is 232 g/mol. The van der Waals surface area contributed by atoms with Crippen molar-refractivity contribution in [1.29, 1.82) is 0 Å². The van der Waals surface area contributed by atoms with E-state index in [1.165, 1.54) is 0 Å². The molecule has 1 aliphatic heterocycles. The number of carbonyl (C=O) groups excluding carboxylic acids is 1. The van der Waals surface area contributed by atoms with Gasteiger partial charge in [0.15, 0.2) is 0 Å². The molecular formula is C10H20N2O2S. The Labute approximate surface area is 93.7 Å². The summed E-state index contributed by atoms with van der Waals surface area (Å²) in [6, 6.07) is 0.456. The summed E-state index contributed by atoms with van der Waals surface area (Å²) in [6.07, 6.45) is 4.28. The molecule has 1 saturated heterocycles. The second-order valence-electron chi connectivity index (χ2n) is 4.20. The van der Waals surface area contributed by atoms with Crippen LogP contribution in [0.5, 0.6) is 0 Å². The summed E-state index contributed by atoms with van der Waals surface area (Å²) in [6.45, 7) is 2.80. The summed E-state index contributed by atoms with van der Waals surface area (Å²) in [7, 11) is -0.776. The van der Waals surface area contributed by atoms with Gasteiger partial charge >= 0.3 is 0 Å². The zero-order valence-electron chi connectivity index (χ0n) is 9.41. The minimum atomic E-state index is -0.776. The van der Waals surface area contributed by atoms with Gasteiger partial charge in [0, 0.05) is 47.9 Å². The molecule has 5 heteroatoms. The standard InChI is InChI=1S/C10H20N2O2S/c1-8(7-15(2)14)12-9-4-3-5-11-10(13)6-9/h8-9,12H,3-7H2,1-2H3,(H,11,13). The molecule has 15 heavy (non-hydrogen) atoms. The summed E-state index contributed by atoms with van der Waals surface area (Å²) >= 11 is 0. The highest BCUT2D eigenvalue weighted by Crippen LogP contribution is 2.07. The molecule has 0 bridgehead atoms. The van der Waals surface area contributed by atoms with Gasteiger partial charge < -0.3 is 10.6 Å². The van der Waals surface area contributed by atoms with Crippen molar-refractivity contribution >= 4 is 16.7 Å². The first-order valence-corrected chi connectivity index (χ1v) is 7.13. The average molecular weight is 232 g/mol. The molecule has 0 aromatic carbocycles. The Balaban J connectivity index is 2.35. The second-order valence-corrected chi connectivity index (χ2v) is 5.68. The molecule has 0 aromatic heterocycles. The fourth-order valence-corrected chi connectivity index (χ4v) is 2.72. The Kier molecular flexibility index (Phi) is 5.25. The Morgan fingerprint density at radius 2 is 2.40 bits per heavy atom. The highest BCUT2D eigenvalue weighted by molar-refractivity contribution is 7.84. The van der Waals surface area contributed by atoms with Gasteiger partial charge in [-0.25, -0.2) is 0 Å². The van der Waals surface area contributed by atoms with Crippen molar-refractivity contribution in [2.75, 3.05) is 18.6 Å². The molecule has 0 spiro atoms. The van der Waals surface area contributed by atoms with Crippen molar-refractivity contribution in [2.24, 2.45) is 0 Å². The Hall–Kier alpha value is -0.420. The van der Waals surface area contributed by atoms with Gasteiger partial charge in [0.2, 0.25) is 5.91 Å². The average Bonchev–Trinajstić information content (AvgIpc) is 2.28. The van der Waals surface area contributed by atoms with Crippen LogP contribution in [0.25, 0.3) is 0 Å². The van der Waals surface area contributed by atoms with E-state index in [4.69, 9.17) is 0 Å². The van der Waals surface area contributed by atoms with Crippen LogP contribution in [0, 0.1) is 0 Å². The van der Waals surface area contributed by atoms with Crippen molar-refractivity contribution < 1.29 is 9.00 Å². The van der Waals surface area contributed by atoms with Crippen molar-refractivity contribution in [2.45, 2.75) is 38.3 Å². The van der Waals surface area contributed by atoms with Gasteiger partial charge in [0.25, 0.3) is 0 Å².